The topological polar surface area (TPSA) is 21.1 Å². The summed E-state index contributed by atoms with van der Waals surface area (Å²) in [5.74, 6) is 0. The van der Waals surface area contributed by atoms with Gasteiger partial charge in [-0.25, -0.2) is 0 Å². The first-order chi connectivity index (χ1) is 13.0. The molecule has 1 aliphatic heterocycles. The Kier molecular flexibility index (Phi) is 3.76. The van der Waals surface area contributed by atoms with E-state index in [2.05, 4.69) is 67.6 Å². The summed E-state index contributed by atoms with van der Waals surface area (Å²) in [7, 11) is 2.23. The Bertz CT molecular complexity index is 1100. The van der Waals surface area contributed by atoms with Gasteiger partial charge in [-0.15, -0.1) is 0 Å². The maximum Gasteiger partial charge on any atom is 0.0531 e. The lowest BCUT2D eigenvalue weighted by Crippen LogP contribution is -2.27. The fraction of sp³-hybridized carbons (Fsp3) is 0.375. The molecule has 0 amide bonds. The van der Waals surface area contributed by atoms with E-state index in [1.165, 1.54) is 44.7 Å². The molecule has 2 aromatic heterocycles. The summed E-state index contributed by atoms with van der Waals surface area (Å²) in [4.78, 5) is 7.23. The first kappa shape index (κ1) is 16.8. The van der Waals surface area contributed by atoms with Gasteiger partial charge in [-0.05, 0) is 76.4 Å². The first-order valence-electron chi connectivity index (χ1n) is 10.0. The molecular formula is C24H27N3. The number of allylic oxidation sites excluding steroid dienone is 2. The van der Waals surface area contributed by atoms with E-state index >= 15 is 0 Å². The van der Waals surface area contributed by atoms with E-state index < -0.39 is 0 Å². The highest BCUT2D eigenvalue weighted by Gasteiger charge is 2.26. The van der Waals surface area contributed by atoms with Gasteiger partial charge in [0.05, 0.1) is 5.52 Å². The number of aromatic nitrogens is 2. The van der Waals surface area contributed by atoms with Crippen molar-refractivity contribution in [1.82, 2.24) is 14.5 Å². The average Bonchev–Trinajstić information content (AvgIpc) is 3.19. The number of fused-ring (bicyclic) bond motifs is 4. The van der Waals surface area contributed by atoms with Gasteiger partial charge in [0.25, 0.3) is 0 Å². The van der Waals surface area contributed by atoms with E-state index in [0.29, 0.717) is 0 Å². The van der Waals surface area contributed by atoms with E-state index in [1.54, 1.807) is 5.56 Å². The highest BCUT2D eigenvalue weighted by Crippen LogP contribution is 2.39. The molecule has 138 valence electrons. The molecule has 5 rings (SSSR count). The van der Waals surface area contributed by atoms with Gasteiger partial charge in [0.1, 0.15) is 0 Å². The summed E-state index contributed by atoms with van der Waals surface area (Å²) in [6.07, 6.45) is 3.29. The number of nitrogens with zero attached hydrogens (tertiary/aromatic N) is 3. The number of rotatable bonds is 1. The molecule has 0 saturated carbocycles. The molecule has 0 spiro atoms. The van der Waals surface area contributed by atoms with E-state index in [4.69, 9.17) is 4.98 Å². The smallest absolute Gasteiger partial charge is 0.0531 e. The van der Waals surface area contributed by atoms with Gasteiger partial charge in [0, 0.05) is 46.8 Å². The van der Waals surface area contributed by atoms with E-state index in [1.807, 2.05) is 0 Å². The van der Waals surface area contributed by atoms with Crippen molar-refractivity contribution in [3.8, 4) is 0 Å². The fourth-order valence-corrected chi connectivity index (χ4v) is 4.95. The van der Waals surface area contributed by atoms with Crippen LogP contribution in [-0.4, -0.2) is 28.0 Å². The molecule has 27 heavy (non-hydrogen) atoms. The van der Waals surface area contributed by atoms with Crippen molar-refractivity contribution in [1.29, 1.82) is 0 Å². The number of aryl methyl sites for hydroxylation is 3. The van der Waals surface area contributed by atoms with Crippen LogP contribution in [0.1, 0.15) is 47.1 Å². The third-order valence-corrected chi connectivity index (χ3v) is 6.32. The Balaban J connectivity index is 1.78. The zero-order valence-corrected chi connectivity index (χ0v) is 16.8. The quantitative estimate of drug-likeness (QED) is 0.613. The first-order valence-corrected chi connectivity index (χ1v) is 10.0. The average molecular weight is 358 g/mol. The molecular weight excluding hydrogens is 330 g/mol. The zero-order valence-electron chi connectivity index (χ0n) is 16.8. The van der Waals surface area contributed by atoms with E-state index in [9.17, 15) is 0 Å². The van der Waals surface area contributed by atoms with Crippen molar-refractivity contribution in [2.45, 2.75) is 46.6 Å². The second-order valence-corrected chi connectivity index (χ2v) is 8.28. The predicted molar refractivity (Wildman–Crippen MR) is 113 cm³/mol. The Morgan fingerprint density at radius 3 is 2.74 bits per heavy atom. The summed E-state index contributed by atoms with van der Waals surface area (Å²) in [5.41, 5.74) is 12.3. The van der Waals surface area contributed by atoms with Crippen LogP contribution in [0.25, 0.3) is 22.2 Å². The van der Waals surface area contributed by atoms with Crippen LogP contribution in [0.3, 0.4) is 0 Å². The van der Waals surface area contributed by atoms with Crippen LogP contribution in [0.2, 0.25) is 0 Å². The lowest BCUT2D eigenvalue weighted by atomic mass is 10.0. The lowest BCUT2D eigenvalue weighted by Gasteiger charge is -2.25. The van der Waals surface area contributed by atoms with E-state index in [0.717, 1.165) is 38.0 Å². The standard InChI is InChI=1S/C24H27N3/c1-15-5-10-23-21(13-15)20-11-12-26(4)14-24(20)27(23)17(3)18-8-9-22-19(18)7-6-16(2)25-22/h5-7,10,13H,8-9,11-12,14H2,1-4H3/b18-17+. The molecule has 0 bridgehead atoms. The van der Waals surface area contributed by atoms with Crippen LogP contribution in [0.4, 0.5) is 0 Å². The second-order valence-electron chi connectivity index (χ2n) is 8.28. The minimum absolute atomic E-state index is 1.02. The highest BCUT2D eigenvalue weighted by molar-refractivity contribution is 5.94. The fourth-order valence-electron chi connectivity index (χ4n) is 4.95. The largest absolute Gasteiger partial charge is 0.316 e. The second kappa shape index (κ2) is 6.07. The normalized spacial score (nSPS) is 18.7. The number of likely N-dealkylation sites (N-methyl/N-ethyl adjacent to an activating group) is 1. The maximum absolute atomic E-state index is 4.79. The predicted octanol–water partition coefficient (Wildman–Crippen LogP) is 4.98. The molecule has 3 heteroatoms. The van der Waals surface area contributed by atoms with E-state index in [-0.39, 0.29) is 0 Å². The minimum atomic E-state index is 1.02. The number of pyridine rings is 1. The molecule has 1 aromatic carbocycles. The molecule has 0 atom stereocenters. The summed E-state index contributed by atoms with van der Waals surface area (Å²) < 4.78 is 2.55. The Labute approximate surface area is 161 Å². The summed E-state index contributed by atoms with van der Waals surface area (Å²) in [6.45, 7) is 8.75. The number of benzene rings is 1. The van der Waals surface area contributed by atoms with Gasteiger partial charge in [0.15, 0.2) is 0 Å². The Hall–Kier alpha value is -2.39. The van der Waals surface area contributed by atoms with Crippen molar-refractivity contribution in [3.63, 3.8) is 0 Å². The molecule has 0 N–H and O–H groups in total. The monoisotopic (exact) mass is 357 g/mol. The zero-order chi connectivity index (χ0) is 18.7. The van der Waals surface area contributed by atoms with Gasteiger partial charge in [-0.1, -0.05) is 17.7 Å². The molecule has 0 saturated heterocycles. The van der Waals surface area contributed by atoms with Gasteiger partial charge in [-0.3, -0.25) is 4.98 Å². The van der Waals surface area contributed by atoms with Gasteiger partial charge >= 0.3 is 0 Å². The number of hydrogen-bond donors (Lipinski definition) is 0. The van der Waals surface area contributed by atoms with Crippen molar-refractivity contribution in [2.24, 2.45) is 0 Å². The van der Waals surface area contributed by atoms with Crippen LogP contribution in [-0.2, 0) is 19.4 Å². The third-order valence-electron chi connectivity index (χ3n) is 6.32. The molecule has 0 radical (unpaired) electrons. The Morgan fingerprint density at radius 1 is 1.04 bits per heavy atom. The van der Waals surface area contributed by atoms with Crippen LogP contribution >= 0.6 is 0 Å². The van der Waals surface area contributed by atoms with Crippen LogP contribution in [0.5, 0.6) is 0 Å². The molecule has 3 nitrogen and oxygen atoms in total. The summed E-state index contributed by atoms with van der Waals surface area (Å²) >= 11 is 0. The van der Waals surface area contributed by atoms with Crippen LogP contribution in [0.15, 0.2) is 30.3 Å². The van der Waals surface area contributed by atoms with Crippen LogP contribution in [0, 0.1) is 13.8 Å². The van der Waals surface area contributed by atoms with Crippen molar-refractivity contribution < 1.29 is 0 Å². The van der Waals surface area contributed by atoms with Gasteiger partial charge < -0.3 is 9.47 Å². The van der Waals surface area contributed by atoms with Gasteiger partial charge in [0.2, 0.25) is 0 Å². The van der Waals surface area contributed by atoms with Crippen molar-refractivity contribution in [3.05, 3.63) is 64.1 Å². The van der Waals surface area contributed by atoms with Crippen molar-refractivity contribution >= 4 is 22.2 Å². The van der Waals surface area contributed by atoms with Crippen molar-refractivity contribution in [2.75, 3.05) is 13.6 Å². The molecule has 0 unspecified atom stereocenters. The molecule has 1 aliphatic carbocycles. The third kappa shape index (κ3) is 2.56. The number of hydrogen-bond acceptors (Lipinski definition) is 2. The minimum Gasteiger partial charge on any atom is -0.316 e. The molecule has 0 fully saturated rings. The Morgan fingerprint density at radius 2 is 1.89 bits per heavy atom. The van der Waals surface area contributed by atoms with Gasteiger partial charge in [-0.2, -0.15) is 0 Å². The molecule has 3 heterocycles. The summed E-state index contributed by atoms with van der Waals surface area (Å²) in [5, 5.41) is 1.44. The molecule has 2 aliphatic rings. The molecule has 3 aromatic rings. The SMILES string of the molecule is C/C(=C1/CCc2nc(C)ccc21)n1c2c(c3cc(C)ccc31)CCN(C)C2. The lowest BCUT2D eigenvalue weighted by molar-refractivity contribution is 0.307. The highest BCUT2D eigenvalue weighted by atomic mass is 15.1. The summed E-state index contributed by atoms with van der Waals surface area (Å²) in [6, 6.07) is 11.4. The van der Waals surface area contributed by atoms with Crippen LogP contribution < -0.4 is 0 Å². The maximum atomic E-state index is 4.79.